The molecule has 1 aliphatic heterocycles. The van der Waals surface area contributed by atoms with Crippen LogP contribution in [0.3, 0.4) is 0 Å². The third-order valence-electron chi connectivity index (χ3n) is 2.92. The summed E-state index contributed by atoms with van der Waals surface area (Å²) >= 11 is 1.37. The Morgan fingerprint density at radius 1 is 1.62 bits per heavy atom. The second-order valence-corrected chi connectivity index (χ2v) is 5.14. The molecule has 0 aromatic carbocycles. The minimum Gasteiger partial charge on any atom is -0.306 e. The van der Waals surface area contributed by atoms with Crippen molar-refractivity contribution in [1.82, 2.24) is 15.4 Å². The van der Waals surface area contributed by atoms with Crippen LogP contribution in [-0.2, 0) is 0 Å². The van der Waals surface area contributed by atoms with Crippen LogP contribution < -0.4 is 5.48 Å². The summed E-state index contributed by atoms with van der Waals surface area (Å²) < 4.78 is 0. The smallest absolute Gasteiger partial charge is 0.286 e. The number of thiazole rings is 1. The van der Waals surface area contributed by atoms with Crippen molar-refractivity contribution in [2.75, 3.05) is 20.1 Å². The maximum Gasteiger partial charge on any atom is 0.286 e. The zero-order valence-corrected chi connectivity index (χ0v) is 9.96. The summed E-state index contributed by atoms with van der Waals surface area (Å²) in [5.74, 6) is -0.0156. The van der Waals surface area contributed by atoms with Crippen molar-refractivity contribution in [1.29, 1.82) is 0 Å². The Hall–Kier alpha value is -0.980. The van der Waals surface area contributed by atoms with Gasteiger partial charge in [-0.15, -0.1) is 11.3 Å². The lowest BCUT2D eigenvalue weighted by Gasteiger charge is -2.27. The van der Waals surface area contributed by atoms with Crippen LogP contribution in [0.4, 0.5) is 0 Å². The molecule has 1 saturated heterocycles. The number of piperidine rings is 1. The number of amides is 1. The molecular formula is C10H15N3O2S. The molecule has 2 heterocycles. The Balaban J connectivity index is 2.04. The van der Waals surface area contributed by atoms with Crippen molar-refractivity contribution in [3.05, 3.63) is 16.1 Å². The number of rotatable bonds is 2. The maximum atomic E-state index is 11.2. The molecule has 1 aromatic heterocycles. The summed E-state index contributed by atoms with van der Waals surface area (Å²) in [6.07, 6.45) is 3.71. The molecule has 0 atom stereocenters. The Morgan fingerprint density at radius 3 is 2.94 bits per heavy atom. The van der Waals surface area contributed by atoms with Crippen LogP contribution in [0.2, 0.25) is 0 Å². The third-order valence-corrected chi connectivity index (χ3v) is 4.08. The monoisotopic (exact) mass is 241 g/mol. The molecule has 0 radical (unpaired) electrons. The van der Waals surface area contributed by atoms with Gasteiger partial charge in [0.05, 0.1) is 11.2 Å². The van der Waals surface area contributed by atoms with Gasteiger partial charge in [-0.05, 0) is 33.0 Å². The minimum atomic E-state index is -0.475. The van der Waals surface area contributed by atoms with E-state index in [1.165, 1.54) is 17.5 Å². The van der Waals surface area contributed by atoms with E-state index >= 15 is 0 Å². The highest BCUT2D eigenvalue weighted by Crippen LogP contribution is 2.30. The minimum absolute atomic E-state index is 0.460. The lowest BCUT2D eigenvalue weighted by Crippen LogP contribution is -2.29. The van der Waals surface area contributed by atoms with E-state index in [9.17, 15) is 4.79 Å². The topological polar surface area (TPSA) is 65.5 Å². The summed E-state index contributed by atoms with van der Waals surface area (Å²) in [7, 11) is 2.11. The Kier molecular flexibility index (Phi) is 3.52. The highest BCUT2D eigenvalue weighted by molar-refractivity contribution is 7.13. The number of carbonyl (C=O) groups excluding carboxylic acids is 1. The SMILES string of the molecule is CN1CCC(c2ncc(C(=O)NO)s2)CC1. The van der Waals surface area contributed by atoms with Gasteiger partial charge in [-0.3, -0.25) is 10.0 Å². The van der Waals surface area contributed by atoms with Crippen LogP contribution in [-0.4, -0.2) is 41.1 Å². The van der Waals surface area contributed by atoms with Crippen molar-refractivity contribution in [3.8, 4) is 0 Å². The van der Waals surface area contributed by atoms with Crippen LogP contribution in [0.25, 0.3) is 0 Å². The molecule has 2 rings (SSSR count). The first-order chi connectivity index (χ1) is 7.70. The molecule has 1 aliphatic rings. The number of nitrogens with zero attached hydrogens (tertiary/aromatic N) is 2. The predicted molar refractivity (Wildman–Crippen MR) is 60.8 cm³/mol. The number of hydrogen-bond donors (Lipinski definition) is 2. The molecule has 1 fully saturated rings. The van der Waals surface area contributed by atoms with Gasteiger partial charge < -0.3 is 4.90 Å². The summed E-state index contributed by atoms with van der Waals surface area (Å²) in [6.45, 7) is 2.15. The van der Waals surface area contributed by atoms with Gasteiger partial charge >= 0.3 is 0 Å². The first-order valence-corrected chi connectivity index (χ1v) is 6.11. The number of nitrogens with one attached hydrogen (secondary N) is 1. The Bertz CT molecular complexity index is 372. The van der Waals surface area contributed by atoms with Gasteiger partial charge in [-0.25, -0.2) is 10.5 Å². The van der Waals surface area contributed by atoms with E-state index in [0.717, 1.165) is 30.9 Å². The number of likely N-dealkylation sites (tertiary alicyclic amines) is 1. The molecule has 0 bridgehead atoms. The molecular weight excluding hydrogens is 226 g/mol. The average molecular weight is 241 g/mol. The van der Waals surface area contributed by atoms with Gasteiger partial charge in [0.25, 0.3) is 5.91 Å². The Labute approximate surface area is 98.1 Å². The first-order valence-electron chi connectivity index (χ1n) is 5.29. The zero-order chi connectivity index (χ0) is 11.5. The number of hydroxylamine groups is 1. The van der Waals surface area contributed by atoms with E-state index in [4.69, 9.17) is 5.21 Å². The molecule has 0 saturated carbocycles. The van der Waals surface area contributed by atoms with Crippen molar-refractivity contribution < 1.29 is 10.0 Å². The van der Waals surface area contributed by atoms with E-state index < -0.39 is 5.91 Å². The molecule has 16 heavy (non-hydrogen) atoms. The lowest BCUT2D eigenvalue weighted by molar-refractivity contribution is 0.0710. The van der Waals surface area contributed by atoms with Crippen molar-refractivity contribution in [3.63, 3.8) is 0 Å². The second kappa shape index (κ2) is 4.90. The molecule has 88 valence electrons. The molecule has 1 aromatic rings. The lowest BCUT2D eigenvalue weighted by atomic mass is 9.98. The zero-order valence-electron chi connectivity index (χ0n) is 9.14. The van der Waals surface area contributed by atoms with E-state index in [0.29, 0.717) is 10.8 Å². The maximum absolute atomic E-state index is 11.2. The van der Waals surface area contributed by atoms with Gasteiger partial charge in [-0.2, -0.15) is 0 Å². The summed E-state index contributed by atoms with van der Waals surface area (Å²) in [4.78, 5) is 18.2. The molecule has 6 heteroatoms. The van der Waals surface area contributed by atoms with Gasteiger partial charge in [0.2, 0.25) is 0 Å². The standard InChI is InChI=1S/C10H15N3O2S/c1-13-4-2-7(3-5-13)10-11-6-8(16-10)9(14)12-15/h6-7,15H,2-5H2,1H3,(H,12,14). The largest absolute Gasteiger partial charge is 0.306 e. The van der Waals surface area contributed by atoms with E-state index in [1.807, 2.05) is 0 Å². The van der Waals surface area contributed by atoms with Crippen LogP contribution in [0.15, 0.2) is 6.20 Å². The molecule has 1 amide bonds. The molecule has 0 unspecified atom stereocenters. The van der Waals surface area contributed by atoms with Gasteiger partial charge in [0.15, 0.2) is 0 Å². The van der Waals surface area contributed by atoms with Crippen LogP contribution in [0, 0.1) is 0 Å². The Morgan fingerprint density at radius 2 is 2.31 bits per heavy atom. The summed E-state index contributed by atoms with van der Waals surface area (Å²) in [5, 5.41) is 9.52. The van der Waals surface area contributed by atoms with Crippen molar-refractivity contribution >= 4 is 17.2 Å². The fraction of sp³-hybridized carbons (Fsp3) is 0.600. The van der Waals surface area contributed by atoms with Crippen LogP contribution in [0.1, 0.15) is 33.4 Å². The van der Waals surface area contributed by atoms with Crippen LogP contribution >= 0.6 is 11.3 Å². The van der Waals surface area contributed by atoms with Gasteiger partial charge in [-0.1, -0.05) is 0 Å². The highest BCUT2D eigenvalue weighted by Gasteiger charge is 2.22. The number of carbonyl (C=O) groups is 1. The van der Waals surface area contributed by atoms with Gasteiger partial charge in [0, 0.05) is 5.92 Å². The summed E-state index contributed by atoms with van der Waals surface area (Å²) in [5.41, 5.74) is 1.63. The van der Waals surface area contributed by atoms with Gasteiger partial charge in [0.1, 0.15) is 4.88 Å². The number of hydrogen-bond acceptors (Lipinski definition) is 5. The quantitative estimate of drug-likeness (QED) is 0.600. The second-order valence-electron chi connectivity index (χ2n) is 4.08. The van der Waals surface area contributed by atoms with E-state index in [-0.39, 0.29) is 0 Å². The number of aromatic nitrogens is 1. The predicted octanol–water partition coefficient (Wildman–Crippen LogP) is 1.07. The fourth-order valence-electron chi connectivity index (χ4n) is 1.89. The molecule has 0 spiro atoms. The van der Waals surface area contributed by atoms with Crippen LogP contribution in [0.5, 0.6) is 0 Å². The average Bonchev–Trinajstić information content (AvgIpc) is 2.78. The molecule has 5 nitrogen and oxygen atoms in total. The van der Waals surface area contributed by atoms with E-state index in [1.54, 1.807) is 5.48 Å². The molecule has 2 N–H and O–H groups in total. The normalized spacial score (nSPS) is 18.6. The summed E-state index contributed by atoms with van der Waals surface area (Å²) in [6, 6.07) is 0. The van der Waals surface area contributed by atoms with Crippen molar-refractivity contribution in [2.45, 2.75) is 18.8 Å². The fourth-order valence-corrected chi connectivity index (χ4v) is 2.87. The van der Waals surface area contributed by atoms with Crippen molar-refractivity contribution in [2.24, 2.45) is 0 Å². The highest BCUT2D eigenvalue weighted by atomic mass is 32.1. The van der Waals surface area contributed by atoms with E-state index in [2.05, 4.69) is 16.9 Å². The third kappa shape index (κ3) is 2.40. The first kappa shape index (κ1) is 11.5. The molecule has 0 aliphatic carbocycles.